The molecule has 0 aliphatic heterocycles. The molecular formula is C10H10ClNO3. The van der Waals surface area contributed by atoms with Gasteiger partial charge in [0, 0.05) is 17.1 Å². The van der Waals surface area contributed by atoms with Gasteiger partial charge in [-0.05, 0) is 24.3 Å². The van der Waals surface area contributed by atoms with Gasteiger partial charge in [-0.25, -0.2) is 4.79 Å². The van der Waals surface area contributed by atoms with Crippen LogP contribution in [0.15, 0.2) is 24.3 Å². The zero-order valence-electron chi connectivity index (χ0n) is 7.81. The van der Waals surface area contributed by atoms with Crippen LogP contribution in [-0.4, -0.2) is 23.4 Å². The second-order valence-electron chi connectivity index (χ2n) is 2.94. The van der Waals surface area contributed by atoms with Crippen LogP contribution in [0.4, 0.5) is 5.69 Å². The number of hydrogen-bond donors (Lipinski definition) is 2. The summed E-state index contributed by atoms with van der Waals surface area (Å²) in [5.74, 6) is -1.06. The van der Waals surface area contributed by atoms with E-state index in [9.17, 15) is 9.59 Å². The lowest BCUT2D eigenvalue weighted by Crippen LogP contribution is -2.29. The molecule has 0 aromatic heterocycles. The molecule has 0 fully saturated rings. The molecule has 0 bridgehead atoms. The van der Waals surface area contributed by atoms with Crippen molar-refractivity contribution >= 4 is 29.5 Å². The van der Waals surface area contributed by atoms with Crippen LogP contribution in [0.3, 0.4) is 0 Å². The quantitative estimate of drug-likeness (QED) is 0.753. The van der Waals surface area contributed by atoms with Crippen LogP contribution in [0.1, 0.15) is 6.42 Å². The number of benzene rings is 1. The summed E-state index contributed by atoms with van der Waals surface area (Å²) in [6, 6.07) is 5.70. The molecule has 0 aliphatic carbocycles. The van der Waals surface area contributed by atoms with Crippen molar-refractivity contribution < 1.29 is 14.7 Å². The number of aliphatic carboxylic acids is 1. The van der Waals surface area contributed by atoms with Crippen molar-refractivity contribution in [3.05, 3.63) is 29.3 Å². The molecule has 1 unspecified atom stereocenters. The molecule has 0 spiro atoms. The Morgan fingerprint density at radius 3 is 2.53 bits per heavy atom. The Hall–Kier alpha value is -1.55. The van der Waals surface area contributed by atoms with E-state index in [0.717, 1.165) is 0 Å². The van der Waals surface area contributed by atoms with Crippen LogP contribution in [-0.2, 0) is 9.59 Å². The highest BCUT2D eigenvalue weighted by Gasteiger charge is 2.15. The van der Waals surface area contributed by atoms with Crippen molar-refractivity contribution in [3.63, 3.8) is 0 Å². The summed E-state index contributed by atoms with van der Waals surface area (Å²) in [4.78, 5) is 21.0. The number of carboxylic acids is 1. The summed E-state index contributed by atoms with van der Waals surface area (Å²) in [7, 11) is 0. The number of carbonyl (C=O) groups is 2. The van der Waals surface area contributed by atoms with Crippen LogP contribution < -0.4 is 5.32 Å². The Kier molecular flexibility index (Phi) is 4.12. The average molecular weight is 228 g/mol. The van der Waals surface area contributed by atoms with Gasteiger partial charge >= 0.3 is 5.97 Å². The third-order valence-electron chi connectivity index (χ3n) is 1.82. The lowest BCUT2D eigenvalue weighted by Gasteiger charge is -2.12. The predicted molar refractivity (Wildman–Crippen MR) is 57.2 cm³/mol. The summed E-state index contributed by atoms with van der Waals surface area (Å²) in [5.41, 5.74) is 0.619. The molecule has 1 aromatic rings. The Bertz CT molecular complexity index is 350. The third kappa shape index (κ3) is 3.59. The fraction of sp³-hybridized carbons (Fsp3) is 0.200. The lowest BCUT2D eigenvalue weighted by atomic mass is 10.2. The van der Waals surface area contributed by atoms with E-state index in [1.807, 2.05) is 0 Å². The van der Waals surface area contributed by atoms with Crippen LogP contribution in [0, 0.1) is 0 Å². The van der Waals surface area contributed by atoms with Gasteiger partial charge in [0.1, 0.15) is 12.3 Å². The van der Waals surface area contributed by atoms with Gasteiger partial charge in [0.15, 0.2) is 0 Å². The SMILES string of the molecule is O=CCC(Nc1ccc(Cl)cc1)C(=O)O. The Labute approximate surface area is 91.9 Å². The molecule has 80 valence electrons. The van der Waals surface area contributed by atoms with Gasteiger partial charge in [0.05, 0.1) is 0 Å². The van der Waals surface area contributed by atoms with Crippen molar-refractivity contribution in [1.82, 2.24) is 0 Å². The molecule has 0 aliphatic rings. The summed E-state index contributed by atoms with van der Waals surface area (Å²) < 4.78 is 0. The molecule has 0 saturated heterocycles. The van der Waals surface area contributed by atoms with Gasteiger partial charge < -0.3 is 15.2 Å². The molecule has 15 heavy (non-hydrogen) atoms. The average Bonchev–Trinajstić information content (AvgIpc) is 2.20. The maximum absolute atomic E-state index is 10.7. The van der Waals surface area contributed by atoms with Gasteiger partial charge in [0.25, 0.3) is 0 Å². The minimum absolute atomic E-state index is 0.0715. The van der Waals surface area contributed by atoms with Crippen molar-refractivity contribution in [2.24, 2.45) is 0 Å². The molecular weight excluding hydrogens is 218 g/mol. The number of carboxylic acid groups (broad SMARTS) is 1. The zero-order chi connectivity index (χ0) is 11.3. The van der Waals surface area contributed by atoms with Crippen LogP contribution in [0.2, 0.25) is 5.02 Å². The molecule has 0 radical (unpaired) electrons. The van der Waals surface area contributed by atoms with E-state index in [2.05, 4.69) is 5.32 Å². The number of nitrogens with one attached hydrogen (secondary N) is 1. The number of aldehydes is 1. The van der Waals surface area contributed by atoms with Gasteiger partial charge in [-0.1, -0.05) is 11.6 Å². The van der Waals surface area contributed by atoms with E-state index < -0.39 is 12.0 Å². The highest BCUT2D eigenvalue weighted by Crippen LogP contribution is 2.14. The van der Waals surface area contributed by atoms with Crippen LogP contribution in [0.5, 0.6) is 0 Å². The van der Waals surface area contributed by atoms with Gasteiger partial charge in [0.2, 0.25) is 0 Å². The monoisotopic (exact) mass is 227 g/mol. The van der Waals surface area contributed by atoms with Crippen LogP contribution in [0.25, 0.3) is 0 Å². The first-order chi connectivity index (χ1) is 7.13. The van der Waals surface area contributed by atoms with Gasteiger partial charge in [-0.2, -0.15) is 0 Å². The molecule has 2 N–H and O–H groups in total. The van der Waals surface area contributed by atoms with Crippen molar-refractivity contribution in [2.45, 2.75) is 12.5 Å². The standard InChI is InChI=1S/C10H10ClNO3/c11-7-1-3-8(4-2-7)12-9(5-6-13)10(14)15/h1-4,6,9,12H,5H2,(H,14,15). The zero-order valence-corrected chi connectivity index (χ0v) is 8.57. The maximum atomic E-state index is 10.7. The summed E-state index contributed by atoms with van der Waals surface area (Å²) in [5, 5.41) is 12.1. The number of halogens is 1. The predicted octanol–water partition coefficient (Wildman–Crippen LogP) is 1.79. The molecule has 0 heterocycles. The number of anilines is 1. The molecule has 1 atom stereocenters. The number of rotatable bonds is 5. The minimum atomic E-state index is -1.06. The second-order valence-corrected chi connectivity index (χ2v) is 3.38. The smallest absolute Gasteiger partial charge is 0.326 e. The van der Waals surface area contributed by atoms with E-state index in [4.69, 9.17) is 16.7 Å². The second kappa shape index (κ2) is 5.36. The molecule has 1 rings (SSSR count). The fourth-order valence-electron chi connectivity index (χ4n) is 1.07. The number of hydrogen-bond acceptors (Lipinski definition) is 3. The third-order valence-corrected chi connectivity index (χ3v) is 2.07. The Morgan fingerprint density at radius 1 is 1.47 bits per heavy atom. The first kappa shape index (κ1) is 11.5. The Balaban J connectivity index is 2.69. The summed E-state index contributed by atoms with van der Waals surface area (Å²) >= 11 is 5.67. The topological polar surface area (TPSA) is 66.4 Å². The van der Waals surface area contributed by atoms with Crippen molar-refractivity contribution in [3.8, 4) is 0 Å². The highest BCUT2D eigenvalue weighted by molar-refractivity contribution is 6.30. The normalized spacial score (nSPS) is 11.8. The van der Waals surface area contributed by atoms with Crippen molar-refractivity contribution in [2.75, 3.05) is 5.32 Å². The molecule has 1 aromatic carbocycles. The summed E-state index contributed by atoms with van der Waals surface area (Å²) in [6.07, 6.45) is 0.500. The molecule has 0 amide bonds. The highest BCUT2D eigenvalue weighted by atomic mass is 35.5. The van der Waals surface area contributed by atoms with Crippen molar-refractivity contribution in [1.29, 1.82) is 0 Å². The largest absolute Gasteiger partial charge is 0.480 e. The molecule has 0 saturated carbocycles. The fourth-order valence-corrected chi connectivity index (χ4v) is 1.19. The summed E-state index contributed by atoms with van der Waals surface area (Å²) in [6.45, 7) is 0. The van der Waals surface area contributed by atoms with E-state index in [0.29, 0.717) is 17.0 Å². The van der Waals surface area contributed by atoms with E-state index in [1.165, 1.54) is 0 Å². The lowest BCUT2D eigenvalue weighted by molar-refractivity contribution is -0.138. The molecule has 5 heteroatoms. The number of carbonyl (C=O) groups excluding carboxylic acids is 1. The maximum Gasteiger partial charge on any atom is 0.326 e. The first-order valence-corrected chi connectivity index (χ1v) is 4.70. The van der Waals surface area contributed by atoms with E-state index in [1.54, 1.807) is 24.3 Å². The van der Waals surface area contributed by atoms with Crippen LogP contribution >= 0.6 is 11.6 Å². The van der Waals surface area contributed by atoms with E-state index in [-0.39, 0.29) is 6.42 Å². The van der Waals surface area contributed by atoms with E-state index >= 15 is 0 Å². The minimum Gasteiger partial charge on any atom is -0.480 e. The van der Waals surface area contributed by atoms with Gasteiger partial charge in [-0.15, -0.1) is 0 Å². The first-order valence-electron chi connectivity index (χ1n) is 4.32. The molecule has 4 nitrogen and oxygen atoms in total. The van der Waals surface area contributed by atoms with Gasteiger partial charge in [-0.3, -0.25) is 0 Å². The Morgan fingerprint density at radius 2 is 2.07 bits per heavy atom.